The molecule has 31 heavy (non-hydrogen) atoms. The third-order valence-corrected chi connectivity index (χ3v) is 5.60. The van der Waals surface area contributed by atoms with E-state index >= 15 is 0 Å². The number of esters is 1. The van der Waals surface area contributed by atoms with E-state index in [0.717, 1.165) is 6.92 Å². The van der Waals surface area contributed by atoms with Gasteiger partial charge in [-0.05, 0) is 13.3 Å². The molecule has 2 aliphatic rings. The Balaban J connectivity index is 2.25. The summed E-state index contributed by atoms with van der Waals surface area (Å²) in [6.45, 7) is 0.162. The van der Waals surface area contributed by atoms with Gasteiger partial charge in [-0.3, -0.25) is 9.59 Å². The van der Waals surface area contributed by atoms with Gasteiger partial charge in [0.05, 0.1) is 25.3 Å². The van der Waals surface area contributed by atoms with Gasteiger partial charge in [0.25, 0.3) is 5.41 Å². The highest BCUT2D eigenvalue weighted by molar-refractivity contribution is 6.06. The van der Waals surface area contributed by atoms with Crippen molar-refractivity contribution < 1.29 is 45.4 Å². The summed E-state index contributed by atoms with van der Waals surface area (Å²) in [5, 5.41) is 9.25. The fourth-order valence-electron chi connectivity index (χ4n) is 4.28. The summed E-state index contributed by atoms with van der Waals surface area (Å²) in [7, 11) is 0. The van der Waals surface area contributed by atoms with Crippen LogP contribution in [0.15, 0.2) is 30.3 Å². The van der Waals surface area contributed by atoms with Crippen molar-refractivity contribution in [3.05, 3.63) is 35.9 Å². The lowest BCUT2D eigenvalue weighted by atomic mass is 9.60. The number of hydrogen-bond acceptors (Lipinski definition) is 5. The van der Waals surface area contributed by atoms with Gasteiger partial charge in [-0.1, -0.05) is 30.3 Å². The van der Waals surface area contributed by atoms with E-state index in [-0.39, 0.29) is 6.07 Å². The number of amides is 1. The van der Waals surface area contributed by atoms with Crippen LogP contribution in [0.4, 0.5) is 26.3 Å². The lowest BCUT2D eigenvalue weighted by Gasteiger charge is -2.42. The van der Waals surface area contributed by atoms with Crippen molar-refractivity contribution in [2.75, 3.05) is 13.2 Å². The Morgan fingerprint density at radius 2 is 1.81 bits per heavy atom. The van der Waals surface area contributed by atoms with Gasteiger partial charge in [-0.2, -0.15) is 31.6 Å². The molecule has 1 aromatic rings. The summed E-state index contributed by atoms with van der Waals surface area (Å²) in [5.74, 6) is -3.85. The summed E-state index contributed by atoms with van der Waals surface area (Å²) < 4.78 is 93.9. The molecule has 2 heterocycles. The van der Waals surface area contributed by atoms with Gasteiger partial charge in [0.2, 0.25) is 5.91 Å². The number of carbonyl (C=O) groups excluding carboxylic acids is 2. The van der Waals surface area contributed by atoms with Gasteiger partial charge >= 0.3 is 18.3 Å². The third kappa shape index (κ3) is 2.97. The second kappa shape index (κ2) is 7.40. The predicted octanol–water partition coefficient (Wildman–Crippen LogP) is 3.50. The topological polar surface area (TPSA) is 79.6 Å². The molecule has 0 saturated carbocycles. The Morgan fingerprint density at radius 1 is 1.23 bits per heavy atom. The molecule has 3 atom stereocenters. The normalized spacial score (nSPS) is 26.5. The SMILES string of the molecule is CCOC(=O)[C@@]1(C(C#N)(C(F)(F)F)C(F)(F)F)C[C@H]2CO[C@H](c3ccccc3)N2C1=O. The van der Waals surface area contributed by atoms with Crippen molar-refractivity contribution in [2.24, 2.45) is 10.8 Å². The minimum Gasteiger partial charge on any atom is -0.465 e. The Labute approximate surface area is 172 Å². The maximum Gasteiger partial charge on any atom is 0.417 e. The zero-order chi connectivity index (χ0) is 23.2. The van der Waals surface area contributed by atoms with E-state index < -0.39 is 67.0 Å². The van der Waals surface area contributed by atoms with E-state index in [1.165, 1.54) is 24.3 Å². The molecule has 0 spiro atoms. The van der Waals surface area contributed by atoms with Gasteiger partial charge in [-0.15, -0.1) is 0 Å². The van der Waals surface area contributed by atoms with Crippen LogP contribution in [0.2, 0.25) is 0 Å². The van der Waals surface area contributed by atoms with Crippen LogP contribution in [-0.4, -0.2) is 48.4 Å². The first-order valence-electron chi connectivity index (χ1n) is 9.10. The van der Waals surface area contributed by atoms with Crippen LogP contribution in [0.5, 0.6) is 0 Å². The van der Waals surface area contributed by atoms with Gasteiger partial charge < -0.3 is 14.4 Å². The molecular formula is C19H16F6N2O4. The first kappa shape index (κ1) is 22.9. The zero-order valence-electron chi connectivity index (χ0n) is 16.0. The minimum absolute atomic E-state index is 0.253. The number of nitriles is 1. The quantitative estimate of drug-likeness (QED) is 0.399. The summed E-state index contributed by atoms with van der Waals surface area (Å²) >= 11 is 0. The van der Waals surface area contributed by atoms with Crippen LogP contribution in [0, 0.1) is 22.2 Å². The molecular weight excluding hydrogens is 434 g/mol. The summed E-state index contributed by atoms with van der Waals surface area (Å²) in [5.41, 5.74) is -8.88. The number of ether oxygens (including phenoxy) is 2. The maximum atomic E-state index is 14.0. The molecule has 0 aliphatic carbocycles. The number of benzene rings is 1. The molecule has 0 N–H and O–H groups in total. The van der Waals surface area contributed by atoms with Crippen LogP contribution in [0.1, 0.15) is 25.1 Å². The lowest BCUT2D eigenvalue weighted by molar-refractivity contribution is -0.345. The molecule has 168 valence electrons. The average Bonchev–Trinajstić information content (AvgIpc) is 3.20. The second-order valence-corrected chi connectivity index (χ2v) is 7.15. The molecule has 0 aromatic heterocycles. The molecule has 0 radical (unpaired) electrons. The molecule has 1 amide bonds. The summed E-state index contributed by atoms with van der Waals surface area (Å²) in [6, 6.07) is 6.58. The molecule has 2 aliphatic heterocycles. The number of hydrogen-bond donors (Lipinski definition) is 0. The molecule has 2 fully saturated rings. The highest BCUT2D eigenvalue weighted by Gasteiger charge is 2.88. The highest BCUT2D eigenvalue weighted by Crippen LogP contribution is 2.65. The standard InChI is InChI=1S/C19H16F6N2O4/c1-2-30-15(29)16(17(10-26,18(20,21)22)19(23,24)25)8-12-9-31-13(27(12)14(16)28)11-6-4-3-5-7-11/h3-7,12-13H,2,8-9H2,1H3/t12-,13+,16+/m0/s1. The Hall–Kier alpha value is -2.81. The average molecular weight is 450 g/mol. The fourth-order valence-corrected chi connectivity index (χ4v) is 4.28. The Bertz CT molecular complexity index is 897. The first-order valence-corrected chi connectivity index (χ1v) is 9.10. The third-order valence-electron chi connectivity index (χ3n) is 5.60. The van der Waals surface area contributed by atoms with Crippen LogP contribution in [-0.2, 0) is 19.1 Å². The molecule has 2 saturated heterocycles. The van der Waals surface area contributed by atoms with Gasteiger partial charge in [0.1, 0.15) is 0 Å². The Kier molecular flexibility index (Phi) is 5.46. The van der Waals surface area contributed by atoms with Crippen molar-refractivity contribution in [1.82, 2.24) is 4.90 Å². The van der Waals surface area contributed by atoms with E-state index in [1.807, 2.05) is 0 Å². The molecule has 1 aromatic carbocycles. The second-order valence-electron chi connectivity index (χ2n) is 7.15. The smallest absolute Gasteiger partial charge is 0.417 e. The number of halogens is 6. The molecule has 0 bridgehead atoms. The van der Waals surface area contributed by atoms with E-state index in [4.69, 9.17) is 4.74 Å². The molecule has 6 nitrogen and oxygen atoms in total. The van der Waals surface area contributed by atoms with Gasteiger partial charge in [-0.25, -0.2) is 0 Å². The van der Waals surface area contributed by atoms with Crippen LogP contribution in [0.25, 0.3) is 0 Å². The van der Waals surface area contributed by atoms with Crippen molar-refractivity contribution in [1.29, 1.82) is 5.26 Å². The van der Waals surface area contributed by atoms with E-state index in [1.54, 1.807) is 6.07 Å². The molecule has 3 rings (SSSR count). The number of rotatable bonds is 4. The minimum atomic E-state index is -6.30. The number of nitrogens with zero attached hydrogens (tertiary/aromatic N) is 2. The van der Waals surface area contributed by atoms with Crippen molar-refractivity contribution in [3.8, 4) is 6.07 Å². The number of alkyl halides is 6. The van der Waals surface area contributed by atoms with Crippen molar-refractivity contribution in [3.63, 3.8) is 0 Å². The van der Waals surface area contributed by atoms with Crippen molar-refractivity contribution >= 4 is 11.9 Å². The van der Waals surface area contributed by atoms with Gasteiger partial charge in [0.15, 0.2) is 11.6 Å². The first-order chi connectivity index (χ1) is 14.4. The van der Waals surface area contributed by atoms with Crippen LogP contribution < -0.4 is 0 Å². The van der Waals surface area contributed by atoms with Crippen LogP contribution >= 0.6 is 0 Å². The maximum absolute atomic E-state index is 14.0. The zero-order valence-corrected chi connectivity index (χ0v) is 16.0. The monoisotopic (exact) mass is 450 g/mol. The fraction of sp³-hybridized carbons (Fsp3) is 0.526. The highest BCUT2D eigenvalue weighted by atomic mass is 19.4. The Morgan fingerprint density at radius 3 is 2.29 bits per heavy atom. The summed E-state index contributed by atoms with van der Waals surface area (Å²) in [6.07, 6.45) is -15.1. The van der Waals surface area contributed by atoms with E-state index in [9.17, 15) is 41.2 Å². The molecule has 12 heteroatoms. The van der Waals surface area contributed by atoms with E-state index in [0.29, 0.717) is 10.5 Å². The largest absolute Gasteiger partial charge is 0.465 e. The number of carbonyl (C=O) groups is 2. The molecule has 0 unspecified atom stereocenters. The number of fused-ring (bicyclic) bond motifs is 1. The van der Waals surface area contributed by atoms with Crippen molar-refractivity contribution in [2.45, 2.75) is 38.0 Å². The van der Waals surface area contributed by atoms with Gasteiger partial charge in [0, 0.05) is 5.56 Å². The summed E-state index contributed by atoms with van der Waals surface area (Å²) in [4.78, 5) is 26.7. The van der Waals surface area contributed by atoms with E-state index in [2.05, 4.69) is 4.74 Å². The van der Waals surface area contributed by atoms with Crippen LogP contribution in [0.3, 0.4) is 0 Å². The lowest BCUT2D eigenvalue weighted by Crippen LogP contribution is -2.66. The predicted molar refractivity (Wildman–Crippen MR) is 89.6 cm³/mol.